The lowest BCUT2D eigenvalue weighted by Crippen LogP contribution is -2.22. The summed E-state index contributed by atoms with van der Waals surface area (Å²) in [4.78, 5) is 22.0. The second-order valence-electron chi connectivity index (χ2n) is 5.13. The third-order valence-corrected chi connectivity index (χ3v) is 4.70. The number of benzene rings is 1. The first-order valence-electron chi connectivity index (χ1n) is 7.20. The molecule has 4 rings (SSSR count). The van der Waals surface area contributed by atoms with Gasteiger partial charge in [0.15, 0.2) is 16.5 Å². The van der Waals surface area contributed by atoms with Crippen LogP contribution >= 0.6 is 11.3 Å². The molecule has 0 amide bonds. The third-order valence-electron chi connectivity index (χ3n) is 3.73. The summed E-state index contributed by atoms with van der Waals surface area (Å²) in [5.41, 5.74) is 2.18. The van der Waals surface area contributed by atoms with Crippen LogP contribution in [0.25, 0.3) is 22.1 Å². The molecular weight excluding hydrogens is 326 g/mol. The molecule has 4 aromatic rings. The monoisotopic (exact) mass is 339 g/mol. The first-order valence-corrected chi connectivity index (χ1v) is 8.01. The number of methoxy groups -OCH3 is 2. The minimum atomic E-state index is -0.103. The molecule has 0 atom stereocenters. The van der Waals surface area contributed by atoms with Crippen molar-refractivity contribution in [2.75, 3.05) is 14.2 Å². The molecule has 0 N–H and O–H groups in total. The Morgan fingerprint density at radius 1 is 1.21 bits per heavy atom. The van der Waals surface area contributed by atoms with E-state index in [-0.39, 0.29) is 5.56 Å². The van der Waals surface area contributed by atoms with Crippen molar-refractivity contribution >= 4 is 33.4 Å². The van der Waals surface area contributed by atoms with E-state index in [0.29, 0.717) is 32.0 Å². The van der Waals surface area contributed by atoms with Crippen LogP contribution in [0.5, 0.6) is 11.5 Å². The van der Waals surface area contributed by atoms with Crippen molar-refractivity contribution in [1.29, 1.82) is 0 Å². The van der Waals surface area contributed by atoms with Gasteiger partial charge in [0.2, 0.25) is 0 Å². The number of rotatable bonds is 3. The van der Waals surface area contributed by atoms with Crippen LogP contribution in [0.2, 0.25) is 0 Å². The Balaban J connectivity index is 2.00. The third kappa shape index (κ3) is 2.21. The summed E-state index contributed by atoms with van der Waals surface area (Å²) in [6.07, 6.45) is 5.24. The topological polar surface area (TPSA) is 65.7 Å². The average Bonchev–Trinajstić information content (AvgIpc) is 3.10. The molecule has 0 aliphatic rings. The predicted molar refractivity (Wildman–Crippen MR) is 93.0 cm³/mol. The number of hydrogen-bond donors (Lipinski definition) is 0. The lowest BCUT2D eigenvalue weighted by Gasteiger charge is -2.06. The van der Waals surface area contributed by atoms with Crippen LogP contribution in [0.1, 0.15) is 5.56 Å². The molecule has 0 saturated heterocycles. The molecule has 0 aliphatic heterocycles. The molecule has 0 spiro atoms. The Morgan fingerprint density at radius 3 is 2.71 bits per heavy atom. The molecule has 24 heavy (non-hydrogen) atoms. The molecule has 7 heteroatoms. The van der Waals surface area contributed by atoms with Gasteiger partial charge in [-0.1, -0.05) is 17.4 Å². The zero-order valence-electron chi connectivity index (χ0n) is 13.0. The van der Waals surface area contributed by atoms with E-state index in [1.165, 1.54) is 11.3 Å². The Bertz CT molecular complexity index is 1150. The van der Waals surface area contributed by atoms with Crippen molar-refractivity contribution < 1.29 is 9.47 Å². The van der Waals surface area contributed by atoms with Crippen molar-refractivity contribution in [1.82, 2.24) is 14.4 Å². The van der Waals surface area contributed by atoms with Gasteiger partial charge < -0.3 is 9.47 Å². The van der Waals surface area contributed by atoms with Crippen molar-refractivity contribution in [2.45, 2.75) is 0 Å². The minimum Gasteiger partial charge on any atom is -0.493 e. The van der Waals surface area contributed by atoms with E-state index >= 15 is 0 Å². The highest BCUT2D eigenvalue weighted by Crippen LogP contribution is 2.32. The summed E-state index contributed by atoms with van der Waals surface area (Å²) in [7, 11) is 3.14. The maximum absolute atomic E-state index is 12.8. The van der Waals surface area contributed by atoms with E-state index in [0.717, 1.165) is 5.56 Å². The predicted octanol–water partition coefficient (Wildman–Crippen LogP) is 1.87. The van der Waals surface area contributed by atoms with Crippen LogP contribution in [-0.4, -0.2) is 28.6 Å². The van der Waals surface area contributed by atoms with E-state index in [4.69, 9.17) is 9.47 Å². The fraction of sp³-hybridized carbons (Fsp3) is 0.118. The van der Waals surface area contributed by atoms with Crippen LogP contribution in [-0.2, 0) is 0 Å². The van der Waals surface area contributed by atoms with Gasteiger partial charge in [0.1, 0.15) is 0 Å². The van der Waals surface area contributed by atoms with Crippen LogP contribution in [0, 0.1) is 0 Å². The standard InChI is InChI=1S/C17H13N3O3S/c1-22-13-7-11-12(8-14(13)23-2)20-16(21)15(24-17(20)19-11)6-10-4-3-5-18-9-10/h3-9H,1-2H3/b15-6+. The number of aromatic nitrogens is 3. The summed E-state index contributed by atoms with van der Waals surface area (Å²) in [5, 5.41) is 0. The molecule has 0 fully saturated rings. The van der Waals surface area contributed by atoms with E-state index in [1.807, 2.05) is 18.2 Å². The molecule has 0 aliphatic carbocycles. The SMILES string of the molecule is COc1cc2nc3s/c(=C/c4cccnc4)c(=O)n3c2cc1OC. The highest BCUT2D eigenvalue weighted by molar-refractivity contribution is 7.15. The quantitative estimate of drug-likeness (QED) is 0.570. The molecule has 120 valence electrons. The van der Waals surface area contributed by atoms with E-state index in [9.17, 15) is 4.79 Å². The first kappa shape index (κ1) is 14.6. The second-order valence-corrected chi connectivity index (χ2v) is 6.14. The van der Waals surface area contributed by atoms with Crippen molar-refractivity contribution in [3.8, 4) is 11.5 Å². The van der Waals surface area contributed by atoms with Gasteiger partial charge in [-0.2, -0.15) is 0 Å². The summed E-state index contributed by atoms with van der Waals surface area (Å²) in [6.45, 7) is 0. The minimum absolute atomic E-state index is 0.103. The average molecular weight is 339 g/mol. The van der Waals surface area contributed by atoms with Gasteiger partial charge in [-0.3, -0.25) is 9.78 Å². The molecular formula is C17H13N3O3S. The van der Waals surface area contributed by atoms with E-state index in [2.05, 4.69) is 9.97 Å². The van der Waals surface area contributed by atoms with Crippen molar-refractivity contribution in [2.24, 2.45) is 0 Å². The number of pyridine rings is 1. The van der Waals surface area contributed by atoms with Gasteiger partial charge in [0, 0.05) is 24.5 Å². The molecule has 1 aromatic carbocycles. The smallest absolute Gasteiger partial charge is 0.274 e. The van der Waals surface area contributed by atoms with Gasteiger partial charge in [0.05, 0.1) is 29.8 Å². The van der Waals surface area contributed by atoms with Gasteiger partial charge in [-0.05, 0) is 17.7 Å². The summed E-state index contributed by atoms with van der Waals surface area (Å²) in [6, 6.07) is 7.29. The largest absolute Gasteiger partial charge is 0.493 e. The molecule has 0 radical (unpaired) electrons. The Morgan fingerprint density at radius 2 is 2.00 bits per heavy atom. The number of hydrogen-bond acceptors (Lipinski definition) is 6. The molecule has 6 nitrogen and oxygen atoms in total. The number of imidazole rings is 1. The Kier molecular flexibility index (Phi) is 3.42. The molecule has 0 bridgehead atoms. The highest BCUT2D eigenvalue weighted by Gasteiger charge is 2.15. The second kappa shape index (κ2) is 5.61. The van der Waals surface area contributed by atoms with E-state index < -0.39 is 0 Å². The van der Waals surface area contributed by atoms with Crippen LogP contribution in [0.4, 0.5) is 0 Å². The molecule has 0 saturated carbocycles. The maximum Gasteiger partial charge on any atom is 0.274 e. The molecule has 0 unspecified atom stereocenters. The van der Waals surface area contributed by atoms with Crippen LogP contribution in [0.3, 0.4) is 0 Å². The first-order chi connectivity index (χ1) is 11.7. The number of fused-ring (bicyclic) bond motifs is 3. The Hall–Kier alpha value is -2.93. The fourth-order valence-corrected chi connectivity index (χ4v) is 3.59. The van der Waals surface area contributed by atoms with E-state index in [1.54, 1.807) is 43.1 Å². The van der Waals surface area contributed by atoms with Crippen molar-refractivity contribution in [3.05, 3.63) is 57.1 Å². The zero-order chi connectivity index (χ0) is 16.7. The lowest BCUT2D eigenvalue weighted by atomic mass is 10.2. The number of thiazole rings is 1. The van der Waals surface area contributed by atoms with Crippen LogP contribution < -0.4 is 19.6 Å². The van der Waals surface area contributed by atoms with Crippen molar-refractivity contribution in [3.63, 3.8) is 0 Å². The van der Waals surface area contributed by atoms with Gasteiger partial charge in [-0.15, -0.1) is 0 Å². The van der Waals surface area contributed by atoms with Gasteiger partial charge in [0.25, 0.3) is 5.56 Å². The number of nitrogens with zero attached hydrogens (tertiary/aromatic N) is 3. The normalized spacial score (nSPS) is 12.2. The van der Waals surface area contributed by atoms with Gasteiger partial charge >= 0.3 is 0 Å². The fourth-order valence-electron chi connectivity index (χ4n) is 2.60. The highest BCUT2D eigenvalue weighted by atomic mass is 32.1. The van der Waals surface area contributed by atoms with Gasteiger partial charge in [-0.25, -0.2) is 9.38 Å². The summed E-state index contributed by atoms with van der Waals surface area (Å²) in [5.74, 6) is 1.15. The number of ether oxygens (including phenoxy) is 2. The zero-order valence-corrected chi connectivity index (χ0v) is 13.8. The summed E-state index contributed by atoms with van der Waals surface area (Å²) >= 11 is 1.35. The molecule has 3 heterocycles. The van der Waals surface area contributed by atoms with Crippen LogP contribution in [0.15, 0.2) is 41.5 Å². The Labute approximate surface area is 140 Å². The lowest BCUT2D eigenvalue weighted by molar-refractivity contribution is 0.355. The molecule has 3 aromatic heterocycles. The summed E-state index contributed by atoms with van der Waals surface area (Å²) < 4.78 is 12.8. The maximum atomic E-state index is 12.8.